The standard InChI is InChI=1S/C22H23N3O10/c1-6-7-4-5-8(25(34)35)15(26)10(7)16(27)11-9(6)17(28)13-14(24(2)3)18(29)12(21(23)32)20(31)22(13,33)19(11)30/h4-6,9,11-14,17,26,28,33H,1-3H3,(H2,23,32)/t6-,9?,11?,12?,13?,14-,17-,22-/m0/s1. The van der Waals surface area contributed by atoms with Gasteiger partial charge in [-0.25, -0.2) is 0 Å². The van der Waals surface area contributed by atoms with Crippen molar-refractivity contribution in [2.24, 2.45) is 29.4 Å². The van der Waals surface area contributed by atoms with Crippen molar-refractivity contribution in [1.82, 2.24) is 4.90 Å². The Kier molecular flexibility index (Phi) is 5.43. The number of likely N-dealkylation sites (N-methyl/N-ethyl adjacent to an activating group) is 1. The summed E-state index contributed by atoms with van der Waals surface area (Å²) in [5.41, 5.74) is 0.930. The third-order valence-electron chi connectivity index (χ3n) is 7.66. The van der Waals surface area contributed by atoms with Gasteiger partial charge in [-0.2, -0.15) is 0 Å². The van der Waals surface area contributed by atoms with E-state index in [1.807, 2.05) is 0 Å². The predicted molar refractivity (Wildman–Crippen MR) is 114 cm³/mol. The fraction of sp³-hybridized carbons (Fsp3) is 0.500. The molecule has 1 amide bonds. The zero-order chi connectivity index (χ0) is 26.3. The first-order chi connectivity index (χ1) is 16.2. The Morgan fingerprint density at radius 2 is 1.77 bits per heavy atom. The molecule has 13 nitrogen and oxygen atoms in total. The number of fused-ring (bicyclic) bond motifs is 3. The Morgan fingerprint density at radius 3 is 2.29 bits per heavy atom. The number of phenolic OH excluding ortho intramolecular Hbond substituents is 1. The summed E-state index contributed by atoms with van der Waals surface area (Å²) in [7, 11) is 2.78. The van der Waals surface area contributed by atoms with Gasteiger partial charge in [-0.15, -0.1) is 0 Å². The molecule has 4 rings (SSSR count). The summed E-state index contributed by atoms with van der Waals surface area (Å²) in [5.74, 6) is -15.3. The number of amides is 1. The number of nitrogens with zero attached hydrogens (tertiary/aromatic N) is 2. The van der Waals surface area contributed by atoms with Crippen LogP contribution in [0.25, 0.3) is 0 Å². The number of carbonyl (C=O) groups excluding carboxylic acids is 5. The first kappa shape index (κ1) is 24.6. The molecule has 0 heterocycles. The maximum absolute atomic E-state index is 13.7. The zero-order valence-corrected chi connectivity index (χ0v) is 18.9. The second-order valence-corrected chi connectivity index (χ2v) is 9.52. The molecule has 8 atom stereocenters. The Bertz CT molecular complexity index is 1230. The molecule has 35 heavy (non-hydrogen) atoms. The smallest absolute Gasteiger partial charge is 0.311 e. The van der Waals surface area contributed by atoms with Crippen molar-refractivity contribution in [2.75, 3.05) is 14.1 Å². The number of ketones is 4. The van der Waals surface area contributed by atoms with Crippen LogP contribution in [0.3, 0.4) is 0 Å². The summed E-state index contributed by atoms with van der Waals surface area (Å²) in [6.07, 6.45) is -1.76. The van der Waals surface area contributed by atoms with E-state index in [1.165, 1.54) is 32.0 Å². The number of benzene rings is 1. The fourth-order valence-electron chi connectivity index (χ4n) is 6.13. The number of aliphatic hydroxyl groups is 2. The third kappa shape index (κ3) is 2.95. The summed E-state index contributed by atoms with van der Waals surface area (Å²) in [6, 6.07) is 0.747. The van der Waals surface area contributed by atoms with Gasteiger partial charge >= 0.3 is 5.69 Å². The Balaban J connectivity index is 1.97. The van der Waals surface area contributed by atoms with Gasteiger partial charge in [0.1, 0.15) is 0 Å². The van der Waals surface area contributed by atoms with E-state index >= 15 is 0 Å². The van der Waals surface area contributed by atoms with Crippen LogP contribution in [-0.4, -0.2) is 86.0 Å². The van der Waals surface area contributed by atoms with Crippen LogP contribution in [0.2, 0.25) is 0 Å². The molecule has 0 saturated heterocycles. The lowest BCUT2D eigenvalue weighted by Crippen LogP contribution is -2.77. The largest absolute Gasteiger partial charge is 0.502 e. The van der Waals surface area contributed by atoms with E-state index in [0.717, 1.165) is 6.07 Å². The summed E-state index contributed by atoms with van der Waals surface area (Å²) in [5, 5.41) is 44.6. The summed E-state index contributed by atoms with van der Waals surface area (Å²) >= 11 is 0. The number of phenols is 1. The highest BCUT2D eigenvalue weighted by atomic mass is 16.6. The van der Waals surface area contributed by atoms with E-state index in [2.05, 4.69) is 0 Å². The number of Topliss-reactive ketones (excluding diaryl/α,β-unsaturated/α-hetero) is 4. The number of hydrogen-bond acceptors (Lipinski definition) is 11. The van der Waals surface area contributed by atoms with Gasteiger partial charge in [0.05, 0.1) is 34.5 Å². The molecule has 4 unspecified atom stereocenters. The molecule has 0 radical (unpaired) electrons. The number of hydrogen-bond donors (Lipinski definition) is 4. The monoisotopic (exact) mass is 489 g/mol. The van der Waals surface area contributed by atoms with Crippen molar-refractivity contribution >= 4 is 34.7 Å². The van der Waals surface area contributed by atoms with Crippen molar-refractivity contribution < 1.29 is 44.2 Å². The van der Waals surface area contributed by atoms with Crippen molar-refractivity contribution in [3.8, 4) is 5.75 Å². The Morgan fingerprint density at radius 1 is 1.17 bits per heavy atom. The molecule has 0 spiro atoms. The van der Waals surface area contributed by atoms with E-state index in [1.54, 1.807) is 0 Å². The highest BCUT2D eigenvalue weighted by molar-refractivity contribution is 6.32. The number of nitro benzene ring substituents is 1. The average Bonchev–Trinajstić information content (AvgIpc) is 2.75. The van der Waals surface area contributed by atoms with Crippen molar-refractivity contribution in [2.45, 2.75) is 30.6 Å². The molecule has 5 N–H and O–H groups in total. The highest BCUT2D eigenvalue weighted by Gasteiger charge is 2.73. The molecule has 0 aliphatic heterocycles. The normalized spacial score (nSPS) is 36.5. The predicted octanol–water partition coefficient (Wildman–Crippen LogP) is -1.69. The number of aromatic hydroxyl groups is 1. The molecule has 2 saturated carbocycles. The maximum atomic E-state index is 13.7. The van der Waals surface area contributed by atoms with E-state index in [0.29, 0.717) is 0 Å². The van der Waals surface area contributed by atoms with E-state index in [9.17, 15) is 49.4 Å². The fourth-order valence-corrected chi connectivity index (χ4v) is 6.13. The van der Waals surface area contributed by atoms with Crippen LogP contribution in [0.15, 0.2) is 12.1 Å². The third-order valence-corrected chi connectivity index (χ3v) is 7.66. The summed E-state index contributed by atoms with van der Waals surface area (Å²) < 4.78 is 0. The molecule has 186 valence electrons. The Hall–Kier alpha value is -3.55. The van der Waals surface area contributed by atoms with Gasteiger partial charge in [-0.3, -0.25) is 39.0 Å². The minimum absolute atomic E-state index is 0.126. The van der Waals surface area contributed by atoms with Crippen molar-refractivity contribution in [3.05, 3.63) is 33.4 Å². The second kappa shape index (κ2) is 7.73. The molecule has 3 aliphatic rings. The zero-order valence-electron chi connectivity index (χ0n) is 18.9. The van der Waals surface area contributed by atoms with Gasteiger partial charge in [-0.1, -0.05) is 13.0 Å². The highest BCUT2D eigenvalue weighted by Crippen LogP contribution is 2.55. The van der Waals surface area contributed by atoms with Crippen molar-refractivity contribution in [1.29, 1.82) is 0 Å². The first-order valence-electron chi connectivity index (χ1n) is 10.7. The maximum Gasteiger partial charge on any atom is 0.311 e. The van der Waals surface area contributed by atoms with E-state index in [-0.39, 0.29) is 5.56 Å². The molecule has 2 fully saturated rings. The summed E-state index contributed by atoms with van der Waals surface area (Å²) in [4.78, 5) is 77.0. The van der Waals surface area contributed by atoms with Crippen LogP contribution < -0.4 is 5.73 Å². The molecular weight excluding hydrogens is 466 g/mol. The Labute approximate surface area is 197 Å². The molecule has 0 bridgehead atoms. The van der Waals surface area contributed by atoms with Gasteiger partial charge in [0, 0.05) is 12.0 Å². The second-order valence-electron chi connectivity index (χ2n) is 9.52. The average molecular weight is 489 g/mol. The van der Waals surface area contributed by atoms with Crippen LogP contribution in [0.5, 0.6) is 5.75 Å². The lowest BCUT2D eigenvalue weighted by Gasteiger charge is -2.55. The van der Waals surface area contributed by atoms with Crippen LogP contribution >= 0.6 is 0 Å². The van der Waals surface area contributed by atoms with E-state index < -0.39 is 98.3 Å². The minimum atomic E-state index is -3.12. The topological polar surface area (TPSA) is 218 Å². The molecule has 1 aromatic rings. The first-order valence-corrected chi connectivity index (χ1v) is 10.7. The molecule has 3 aliphatic carbocycles. The van der Waals surface area contributed by atoms with Gasteiger partial charge in [-0.05, 0) is 25.6 Å². The number of carbonyl (C=O) groups is 5. The summed E-state index contributed by atoms with van der Waals surface area (Å²) in [6.45, 7) is 1.51. The molecule has 13 heteroatoms. The number of primary amides is 1. The number of nitro groups is 1. The number of rotatable bonds is 3. The number of aliphatic hydroxyl groups excluding tert-OH is 1. The van der Waals surface area contributed by atoms with E-state index in [4.69, 9.17) is 5.73 Å². The molecular formula is C22H23N3O10. The molecule has 0 aromatic heterocycles. The van der Waals surface area contributed by atoms with Gasteiger partial charge in [0.2, 0.25) is 11.7 Å². The molecule has 1 aromatic carbocycles. The lowest BCUT2D eigenvalue weighted by molar-refractivity contribution is -0.385. The van der Waals surface area contributed by atoms with Crippen LogP contribution in [0, 0.1) is 33.8 Å². The SMILES string of the molecule is C[C@H]1c2ccc([N+](=O)[O-])c(O)c2C(=O)C2C(=O)[C@]3(O)C(=O)C(C(N)=O)C(=O)[C@@H](N(C)C)C3[C@@H](O)C21. The number of nitrogens with two attached hydrogens (primary N) is 1. The van der Waals surface area contributed by atoms with Gasteiger partial charge < -0.3 is 21.1 Å². The van der Waals surface area contributed by atoms with Gasteiger partial charge in [0.15, 0.2) is 34.7 Å². The van der Waals surface area contributed by atoms with Gasteiger partial charge in [0.25, 0.3) is 0 Å². The van der Waals surface area contributed by atoms with Crippen LogP contribution in [0.1, 0.15) is 28.8 Å². The van der Waals surface area contributed by atoms with Crippen LogP contribution in [0.4, 0.5) is 5.69 Å². The quantitative estimate of drug-likeness (QED) is 0.213. The van der Waals surface area contributed by atoms with Crippen molar-refractivity contribution in [3.63, 3.8) is 0 Å². The minimum Gasteiger partial charge on any atom is -0.502 e. The lowest BCUT2D eigenvalue weighted by atomic mass is 9.49. The van der Waals surface area contributed by atoms with Crippen LogP contribution in [-0.2, 0) is 19.2 Å².